The molecule has 0 radical (unpaired) electrons. The largest absolute Gasteiger partial charge is 0.417 e. The molecule has 0 aromatic carbocycles. The molecule has 0 aliphatic carbocycles. The van der Waals surface area contributed by atoms with E-state index in [0.717, 1.165) is 48.1 Å². The standard InChI is InChI=1S/C21H25F3N8OS/c1-30-2-4-31(5-3-30)12-16-27-19-17(34-16)20(32-6-8-33-9-7-32)29-18(28-19)13-11-26-15(25)10-14(13)21(22,23)24/h10-11H,2-9,12H2,1H3,(H2,25,26). The fourth-order valence-corrected chi connectivity index (χ4v) is 5.18. The number of hydrogen-bond donors (Lipinski definition) is 1. The summed E-state index contributed by atoms with van der Waals surface area (Å²) in [5.41, 5.74) is 4.81. The lowest BCUT2D eigenvalue weighted by atomic mass is 10.1. The number of hydrogen-bond acceptors (Lipinski definition) is 10. The third-order valence-corrected chi connectivity index (χ3v) is 7.04. The van der Waals surface area contributed by atoms with Gasteiger partial charge in [0, 0.05) is 45.5 Å². The minimum atomic E-state index is -4.63. The van der Waals surface area contributed by atoms with Crippen molar-refractivity contribution in [1.29, 1.82) is 0 Å². The Morgan fingerprint density at radius 3 is 2.50 bits per heavy atom. The van der Waals surface area contributed by atoms with Gasteiger partial charge < -0.3 is 20.3 Å². The molecule has 5 rings (SSSR count). The molecule has 182 valence electrons. The number of rotatable bonds is 4. The Morgan fingerprint density at radius 1 is 1.06 bits per heavy atom. The summed E-state index contributed by atoms with van der Waals surface area (Å²) >= 11 is 1.50. The maximum atomic E-state index is 13.8. The lowest BCUT2D eigenvalue weighted by Crippen LogP contribution is -2.43. The minimum Gasteiger partial charge on any atom is -0.384 e. The number of alkyl halides is 3. The van der Waals surface area contributed by atoms with E-state index in [4.69, 9.17) is 15.5 Å². The number of anilines is 2. The number of pyridine rings is 1. The molecule has 3 aromatic rings. The number of likely N-dealkylation sites (N-methyl/N-ethyl adjacent to an activating group) is 1. The van der Waals surface area contributed by atoms with Crippen molar-refractivity contribution in [2.24, 2.45) is 0 Å². The molecule has 0 bridgehead atoms. The van der Waals surface area contributed by atoms with Crippen LogP contribution < -0.4 is 10.6 Å². The monoisotopic (exact) mass is 494 g/mol. The minimum absolute atomic E-state index is 0.0646. The molecule has 2 N–H and O–H groups in total. The van der Waals surface area contributed by atoms with Gasteiger partial charge in [-0.1, -0.05) is 0 Å². The average molecular weight is 495 g/mol. The van der Waals surface area contributed by atoms with Crippen molar-refractivity contribution in [2.75, 3.05) is 70.2 Å². The highest BCUT2D eigenvalue weighted by molar-refractivity contribution is 7.19. The van der Waals surface area contributed by atoms with Gasteiger partial charge in [0.15, 0.2) is 17.3 Å². The maximum absolute atomic E-state index is 13.8. The van der Waals surface area contributed by atoms with Crippen LogP contribution in [0.3, 0.4) is 0 Å². The summed E-state index contributed by atoms with van der Waals surface area (Å²) in [4.78, 5) is 24.3. The summed E-state index contributed by atoms with van der Waals surface area (Å²) in [5, 5.41) is 0.868. The van der Waals surface area contributed by atoms with Gasteiger partial charge >= 0.3 is 6.18 Å². The molecular weight excluding hydrogens is 469 g/mol. The molecule has 0 atom stereocenters. The number of nitrogens with zero attached hydrogens (tertiary/aromatic N) is 7. The van der Waals surface area contributed by atoms with E-state index in [2.05, 4.69) is 31.8 Å². The third kappa shape index (κ3) is 4.78. The van der Waals surface area contributed by atoms with Gasteiger partial charge in [-0.2, -0.15) is 13.2 Å². The number of ether oxygens (including phenoxy) is 1. The molecule has 0 spiro atoms. The number of morpholine rings is 1. The fraction of sp³-hybridized carbons (Fsp3) is 0.524. The highest BCUT2D eigenvalue weighted by atomic mass is 32.1. The summed E-state index contributed by atoms with van der Waals surface area (Å²) < 4.78 is 47.6. The van der Waals surface area contributed by atoms with Crippen LogP contribution in [0.25, 0.3) is 21.7 Å². The molecule has 2 aliphatic rings. The van der Waals surface area contributed by atoms with Crippen LogP contribution in [0.5, 0.6) is 0 Å². The Labute approximate surface area is 198 Å². The van der Waals surface area contributed by atoms with Crippen LogP contribution in [-0.4, -0.2) is 89.3 Å². The molecule has 9 nitrogen and oxygen atoms in total. The fourth-order valence-electron chi connectivity index (χ4n) is 4.11. The molecule has 3 aromatic heterocycles. The van der Waals surface area contributed by atoms with Crippen LogP contribution in [0.2, 0.25) is 0 Å². The quantitative estimate of drug-likeness (QED) is 0.586. The summed E-state index contributed by atoms with van der Waals surface area (Å²) in [6.45, 7) is 6.72. The normalized spacial score (nSPS) is 18.6. The average Bonchev–Trinajstić information content (AvgIpc) is 3.22. The van der Waals surface area contributed by atoms with Crippen molar-refractivity contribution in [2.45, 2.75) is 12.7 Å². The third-order valence-electron chi connectivity index (χ3n) is 6.02. The van der Waals surface area contributed by atoms with Gasteiger partial charge in [-0.25, -0.2) is 19.9 Å². The van der Waals surface area contributed by atoms with E-state index >= 15 is 0 Å². The molecule has 34 heavy (non-hydrogen) atoms. The number of nitrogens with two attached hydrogens (primary N) is 1. The summed E-state index contributed by atoms with van der Waals surface area (Å²) in [7, 11) is 2.10. The van der Waals surface area contributed by atoms with Crippen LogP contribution in [0.4, 0.5) is 24.8 Å². The zero-order chi connectivity index (χ0) is 23.9. The Kier molecular flexibility index (Phi) is 6.27. The zero-order valence-corrected chi connectivity index (χ0v) is 19.5. The summed E-state index contributed by atoms with van der Waals surface area (Å²) in [6.07, 6.45) is -3.54. The number of aromatic nitrogens is 4. The molecule has 0 saturated carbocycles. The second-order valence-corrected chi connectivity index (χ2v) is 9.55. The number of halogens is 3. The van der Waals surface area contributed by atoms with Gasteiger partial charge in [-0.3, -0.25) is 4.90 Å². The Hall–Kier alpha value is -2.61. The lowest BCUT2D eigenvalue weighted by Gasteiger charge is -2.31. The first-order valence-corrected chi connectivity index (χ1v) is 11.8. The molecular formula is C21H25F3N8OS. The summed E-state index contributed by atoms with van der Waals surface area (Å²) in [6, 6.07) is 0.817. The van der Waals surface area contributed by atoms with Crippen molar-refractivity contribution in [3.63, 3.8) is 0 Å². The second-order valence-electron chi connectivity index (χ2n) is 8.46. The smallest absolute Gasteiger partial charge is 0.384 e. The highest BCUT2D eigenvalue weighted by Crippen LogP contribution is 2.39. The van der Waals surface area contributed by atoms with Gasteiger partial charge in [0.25, 0.3) is 0 Å². The topological polar surface area (TPSA) is 96.5 Å². The van der Waals surface area contributed by atoms with Gasteiger partial charge in [-0.05, 0) is 13.1 Å². The SMILES string of the molecule is CN1CCN(Cc2nc3nc(-c4cnc(N)cc4C(F)(F)F)nc(N4CCOCC4)c3s2)CC1. The van der Waals surface area contributed by atoms with Crippen LogP contribution in [0, 0.1) is 0 Å². The first kappa shape index (κ1) is 23.1. The number of fused-ring (bicyclic) bond motifs is 1. The van der Waals surface area contributed by atoms with E-state index < -0.39 is 11.7 Å². The maximum Gasteiger partial charge on any atom is 0.417 e. The predicted octanol–water partition coefficient (Wildman–Crippen LogP) is 2.33. The molecule has 13 heteroatoms. The van der Waals surface area contributed by atoms with Crippen LogP contribution >= 0.6 is 11.3 Å². The molecule has 0 amide bonds. The Bertz CT molecular complexity index is 1170. The molecule has 2 fully saturated rings. The summed E-state index contributed by atoms with van der Waals surface area (Å²) in [5.74, 6) is 0.300. The first-order valence-electron chi connectivity index (χ1n) is 11.0. The van der Waals surface area contributed by atoms with Gasteiger partial charge in [-0.15, -0.1) is 11.3 Å². The molecule has 5 heterocycles. The lowest BCUT2D eigenvalue weighted by molar-refractivity contribution is -0.137. The number of thiazole rings is 1. The molecule has 0 unspecified atom stereocenters. The van der Waals surface area contributed by atoms with Crippen molar-refractivity contribution >= 4 is 33.3 Å². The first-order chi connectivity index (χ1) is 16.3. The van der Waals surface area contributed by atoms with Gasteiger partial charge in [0.2, 0.25) is 0 Å². The predicted molar refractivity (Wildman–Crippen MR) is 124 cm³/mol. The Morgan fingerprint density at radius 2 is 1.79 bits per heavy atom. The van der Waals surface area contributed by atoms with E-state index in [-0.39, 0.29) is 17.2 Å². The van der Waals surface area contributed by atoms with Crippen LogP contribution in [0.1, 0.15) is 10.6 Å². The van der Waals surface area contributed by atoms with E-state index in [0.29, 0.717) is 44.3 Å². The zero-order valence-electron chi connectivity index (χ0n) is 18.7. The Balaban J connectivity index is 1.58. The second kappa shape index (κ2) is 9.21. The van der Waals surface area contributed by atoms with E-state index in [1.807, 2.05) is 4.90 Å². The van der Waals surface area contributed by atoms with E-state index in [1.165, 1.54) is 11.3 Å². The molecule has 2 saturated heterocycles. The van der Waals surface area contributed by atoms with Crippen LogP contribution in [-0.2, 0) is 17.5 Å². The van der Waals surface area contributed by atoms with Crippen molar-refractivity contribution in [3.8, 4) is 11.4 Å². The van der Waals surface area contributed by atoms with Gasteiger partial charge in [0.05, 0.1) is 30.9 Å². The van der Waals surface area contributed by atoms with Crippen molar-refractivity contribution < 1.29 is 17.9 Å². The van der Waals surface area contributed by atoms with Crippen molar-refractivity contribution in [1.82, 2.24) is 29.7 Å². The molecule has 2 aliphatic heterocycles. The van der Waals surface area contributed by atoms with E-state index in [1.54, 1.807) is 0 Å². The highest BCUT2D eigenvalue weighted by Gasteiger charge is 2.35. The number of piperazine rings is 1. The van der Waals surface area contributed by atoms with Crippen LogP contribution in [0.15, 0.2) is 12.3 Å². The van der Waals surface area contributed by atoms with Crippen molar-refractivity contribution in [3.05, 3.63) is 22.8 Å². The number of nitrogen functional groups attached to an aromatic ring is 1. The van der Waals surface area contributed by atoms with E-state index in [9.17, 15) is 13.2 Å². The van der Waals surface area contributed by atoms with Gasteiger partial charge in [0.1, 0.15) is 15.5 Å².